The molecular weight excluding hydrogens is 256 g/mol. The van der Waals surface area contributed by atoms with E-state index in [1.807, 2.05) is 6.20 Å². The van der Waals surface area contributed by atoms with Crippen LogP contribution in [0.15, 0.2) is 18.3 Å². The van der Waals surface area contributed by atoms with E-state index >= 15 is 0 Å². The van der Waals surface area contributed by atoms with Crippen LogP contribution in [0.5, 0.6) is 0 Å². The van der Waals surface area contributed by atoms with E-state index in [0.29, 0.717) is 11.3 Å². The van der Waals surface area contributed by atoms with Crippen molar-refractivity contribution in [2.75, 3.05) is 18.0 Å². The zero-order valence-electron chi connectivity index (χ0n) is 12.3. The Balaban J connectivity index is 2.06. The first kappa shape index (κ1) is 14.6. The molecule has 19 heavy (non-hydrogen) atoms. The number of nitrogens with zero attached hydrogens (tertiary/aromatic N) is 2. The summed E-state index contributed by atoms with van der Waals surface area (Å²) in [4.78, 5) is 6.76. The van der Waals surface area contributed by atoms with Crippen molar-refractivity contribution in [3.05, 3.63) is 24.0 Å². The highest BCUT2D eigenvalue weighted by Crippen LogP contribution is 2.35. The van der Waals surface area contributed by atoms with E-state index in [9.17, 15) is 0 Å². The second kappa shape index (κ2) is 6.13. The number of pyridine rings is 1. The number of rotatable bonds is 2. The predicted molar refractivity (Wildman–Crippen MR) is 82.8 cm³/mol. The van der Waals surface area contributed by atoms with Crippen molar-refractivity contribution in [3.63, 3.8) is 0 Å². The van der Waals surface area contributed by atoms with Crippen molar-refractivity contribution in [2.45, 2.75) is 45.9 Å². The highest BCUT2D eigenvalue weighted by Gasteiger charge is 2.27. The molecule has 1 atom stereocenters. The largest absolute Gasteiger partial charge is 0.371 e. The Kier molecular flexibility index (Phi) is 4.72. The smallest absolute Gasteiger partial charge is 0.0648 e. The summed E-state index contributed by atoms with van der Waals surface area (Å²) in [5.74, 6) is 1.32. The van der Waals surface area contributed by atoms with Crippen LogP contribution in [0, 0.1) is 11.3 Å². The molecule has 0 aliphatic carbocycles. The first-order valence-electron chi connectivity index (χ1n) is 7.26. The molecule has 0 spiro atoms. The van der Waals surface area contributed by atoms with E-state index in [0.717, 1.165) is 24.7 Å². The average molecular weight is 281 g/mol. The van der Waals surface area contributed by atoms with Gasteiger partial charge in [0.2, 0.25) is 0 Å². The van der Waals surface area contributed by atoms with Gasteiger partial charge in [0.05, 0.1) is 11.6 Å². The zero-order valence-corrected chi connectivity index (χ0v) is 13.1. The highest BCUT2D eigenvalue weighted by atomic mass is 35.5. The summed E-state index contributed by atoms with van der Waals surface area (Å²) in [5, 5.41) is 0. The maximum Gasteiger partial charge on any atom is 0.0648 e. The fourth-order valence-corrected chi connectivity index (χ4v) is 3.10. The summed E-state index contributed by atoms with van der Waals surface area (Å²) in [7, 11) is 0. The molecule has 1 unspecified atom stereocenters. The molecule has 1 aromatic heterocycles. The minimum Gasteiger partial charge on any atom is -0.371 e. The van der Waals surface area contributed by atoms with Crippen molar-refractivity contribution in [1.29, 1.82) is 0 Å². The van der Waals surface area contributed by atoms with Crippen molar-refractivity contribution in [3.8, 4) is 0 Å². The molecule has 0 aromatic carbocycles. The van der Waals surface area contributed by atoms with Crippen LogP contribution in [0.25, 0.3) is 0 Å². The van der Waals surface area contributed by atoms with E-state index in [2.05, 4.69) is 42.8 Å². The molecular formula is C16H25ClN2. The molecule has 106 valence electrons. The third kappa shape index (κ3) is 3.85. The lowest BCUT2D eigenvalue weighted by Crippen LogP contribution is -2.26. The van der Waals surface area contributed by atoms with Gasteiger partial charge >= 0.3 is 0 Å². The quantitative estimate of drug-likeness (QED) is 0.743. The monoisotopic (exact) mass is 280 g/mol. The lowest BCUT2D eigenvalue weighted by molar-refractivity contribution is 0.220. The molecule has 0 amide bonds. The molecule has 1 aliphatic rings. The van der Waals surface area contributed by atoms with E-state index in [1.165, 1.54) is 24.9 Å². The van der Waals surface area contributed by atoms with Gasteiger partial charge in [0, 0.05) is 25.0 Å². The number of aromatic nitrogens is 1. The van der Waals surface area contributed by atoms with Crippen LogP contribution >= 0.6 is 11.6 Å². The minimum absolute atomic E-state index is 0.426. The third-order valence-electron chi connectivity index (χ3n) is 4.26. The molecule has 2 heterocycles. The molecule has 1 saturated heterocycles. The SMILES string of the molecule is CC(C)(C)C1CCCN(c2ccnc(CCl)c2)CC1. The standard InChI is InChI=1S/C16H25ClN2/c1-16(2,3)13-5-4-9-19(10-7-13)15-6-8-18-14(11-15)12-17/h6,8,11,13H,4-5,7,9-10,12H2,1-3H3. The fourth-order valence-electron chi connectivity index (χ4n) is 2.96. The Labute approximate surface area is 122 Å². The zero-order chi connectivity index (χ0) is 13.9. The second-order valence-electron chi connectivity index (χ2n) is 6.62. The van der Waals surface area contributed by atoms with Crippen LogP contribution in [0.2, 0.25) is 0 Å². The third-order valence-corrected chi connectivity index (χ3v) is 4.53. The van der Waals surface area contributed by atoms with Crippen molar-refractivity contribution in [2.24, 2.45) is 11.3 Å². The number of alkyl halides is 1. The summed E-state index contributed by atoms with van der Waals surface area (Å²) >= 11 is 5.87. The molecule has 1 aromatic rings. The lowest BCUT2D eigenvalue weighted by atomic mass is 9.77. The summed E-state index contributed by atoms with van der Waals surface area (Å²) in [6.45, 7) is 9.40. The van der Waals surface area contributed by atoms with E-state index in [1.54, 1.807) is 0 Å². The molecule has 0 saturated carbocycles. The highest BCUT2D eigenvalue weighted by molar-refractivity contribution is 6.16. The molecule has 2 rings (SSSR count). The molecule has 0 radical (unpaired) electrons. The normalized spacial score (nSPS) is 21.3. The lowest BCUT2D eigenvalue weighted by Gasteiger charge is -2.30. The summed E-state index contributed by atoms with van der Waals surface area (Å²) in [5.41, 5.74) is 2.67. The maximum absolute atomic E-state index is 5.87. The van der Waals surface area contributed by atoms with Gasteiger partial charge < -0.3 is 4.90 Å². The number of hydrogen-bond acceptors (Lipinski definition) is 2. The van der Waals surface area contributed by atoms with Gasteiger partial charge in [-0.15, -0.1) is 11.6 Å². The van der Waals surface area contributed by atoms with Gasteiger partial charge in [-0.25, -0.2) is 0 Å². The first-order chi connectivity index (χ1) is 9.00. The molecule has 3 heteroatoms. The fraction of sp³-hybridized carbons (Fsp3) is 0.688. The van der Waals surface area contributed by atoms with Crippen LogP contribution in [0.4, 0.5) is 5.69 Å². The Morgan fingerprint density at radius 1 is 1.32 bits per heavy atom. The summed E-state index contributed by atoms with van der Waals surface area (Å²) < 4.78 is 0. The maximum atomic E-state index is 5.87. The van der Waals surface area contributed by atoms with E-state index < -0.39 is 0 Å². The van der Waals surface area contributed by atoms with E-state index in [-0.39, 0.29) is 0 Å². The van der Waals surface area contributed by atoms with Gasteiger partial charge in [0.1, 0.15) is 0 Å². The van der Waals surface area contributed by atoms with Crippen LogP contribution in [0.1, 0.15) is 45.7 Å². The van der Waals surface area contributed by atoms with Gasteiger partial charge in [-0.3, -0.25) is 4.98 Å². The molecule has 0 bridgehead atoms. The molecule has 1 aliphatic heterocycles. The van der Waals surface area contributed by atoms with Gasteiger partial charge in [0.15, 0.2) is 0 Å². The molecule has 2 nitrogen and oxygen atoms in total. The van der Waals surface area contributed by atoms with Gasteiger partial charge in [-0.05, 0) is 42.7 Å². The van der Waals surface area contributed by atoms with E-state index in [4.69, 9.17) is 11.6 Å². The average Bonchev–Trinajstić information content (AvgIpc) is 2.64. The Morgan fingerprint density at radius 2 is 2.11 bits per heavy atom. The number of halogens is 1. The Morgan fingerprint density at radius 3 is 2.79 bits per heavy atom. The van der Waals surface area contributed by atoms with Gasteiger partial charge in [-0.2, -0.15) is 0 Å². The molecule has 1 fully saturated rings. The van der Waals surface area contributed by atoms with Crippen LogP contribution in [0.3, 0.4) is 0 Å². The van der Waals surface area contributed by atoms with Crippen LogP contribution in [-0.2, 0) is 5.88 Å². The Hall–Kier alpha value is -0.760. The van der Waals surface area contributed by atoms with Gasteiger partial charge in [-0.1, -0.05) is 20.8 Å². The predicted octanol–water partition coefficient (Wildman–Crippen LogP) is 4.47. The summed E-state index contributed by atoms with van der Waals surface area (Å²) in [6, 6.07) is 4.23. The van der Waals surface area contributed by atoms with Gasteiger partial charge in [0.25, 0.3) is 0 Å². The minimum atomic E-state index is 0.426. The topological polar surface area (TPSA) is 16.1 Å². The van der Waals surface area contributed by atoms with Crippen molar-refractivity contribution < 1.29 is 0 Å². The van der Waals surface area contributed by atoms with Crippen LogP contribution in [-0.4, -0.2) is 18.1 Å². The Bertz CT molecular complexity index is 411. The van der Waals surface area contributed by atoms with Crippen molar-refractivity contribution >= 4 is 17.3 Å². The van der Waals surface area contributed by atoms with Crippen molar-refractivity contribution in [1.82, 2.24) is 4.98 Å². The summed E-state index contributed by atoms with van der Waals surface area (Å²) in [6.07, 6.45) is 5.77. The second-order valence-corrected chi connectivity index (χ2v) is 6.89. The molecule has 0 N–H and O–H groups in total. The number of hydrogen-bond donors (Lipinski definition) is 0. The number of anilines is 1. The first-order valence-corrected chi connectivity index (χ1v) is 7.80. The van der Waals surface area contributed by atoms with Crippen LogP contribution < -0.4 is 4.90 Å².